The van der Waals surface area contributed by atoms with E-state index in [-0.39, 0.29) is 11.5 Å². The highest BCUT2D eigenvalue weighted by Gasteiger charge is 2.41. The van der Waals surface area contributed by atoms with Gasteiger partial charge in [-0.1, -0.05) is 26.1 Å². The second kappa shape index (κ2) is 5.43. The van der Waals surface area contributed by atoms with Crippen LogP contribution in [0.3, 0.4) is 0 Å². The van der Waals surface area contributed by atoms with Crippen LogP contribution in [0, 0.1) is 17.3 Å². The molecule has 1 saturated carbocycles. The van der Waals surface area contributed by atoms with Crippen molar-refractivity contribution in [2.24, 2.45) is 23.0 Å². The van der Waals surface area contributed by atoms with E-state index in [1.54, 1.807) is 0 Å². The van der Waals surface area contributed by atoms with Crippen LogP contribution in [0.25, 0.3) is 0 Å². The quantitative estimate of drug-likeness (QED) is 0.748. The summed E-state index contributed by atoms with van der Waals surface area (Å²) in [5.41, 5.74) is 5.72. The predicted molar refractivity (Wildman–Crippen MR) is 78.5 cm³/mol. The van der Waals surface area contributed by atoms with Crippen LogP contribution in [-0.4, -0.2) is 40.7 Å². The Morgan fingerprint density at radius 3 is 2.72 bits per heavy atom. The van der Waals surface area contributed by atoms with E-state index >= 15 is 0 Å². The lowest BCUT2D eigenvalue weighted by Gasteiger charge is -2.25. The lowest BCUT2D eigenvalue weighted by molar-refractivity contribution is 0.124. The summed E-state index contributed by atoms with van der Waals surface area (Å²) in [5, 5.41) is 9.88. The normalized spacial score (nSPS) is 32.7. The number of aliphatic hydroxyl groups excluding tert-OH is 1. The Bertz CT molecular complexity index is 319. The third-order valence-corrected chi connectivity index (χ3v) is 5.39. The highest BCUT2D eigenvalue weighted by atomic mass is 32.1. The number of hydrogen-bond acceptors (Lipinski definition) is 3. The van der Waals surface area contributed by atoms with Crippen molar-refractivity contribution in [1.29, 1.82) is 0 Å². The molecule has 2 fully saturated rings. The van der Waals surface area contributed by atoms with Gasteiger partial charge in [0.1, 0.15) is 0 Å². The Balaban J connectivity index is 1.72. The number of fused-ring (bicyclic) bond motifs is 1. The fraction of sp³-hybridized carbons (Fsp3) is 0.929. The molecule has 0 bridgehead atoms. The molecule has 0 radical (unpaired) electrons. The maximum Gasteiger partial charge on any atom is 0.0784 e. The van der Waals surface area contributed by atoms with Gasteiger partial charge in [-0.3, -0.25) is 0 Å². The van der Waals surface area contributed by atoms with Crippen LogP contribution in [0.1, 0.15) is 39.5 Å². The average Bonchev–Trinajstić information content (AvgIpc) is 2.81. The number of aliphatic hydroxyl groups is 1. The summed E-state index contributed by atoms with van der Waals surface area (Å²) >= 11 is 5.09. The van der Waals surface area contributed by atoms with Gasteiger partial charge in [-0.25, -0.2) is 0 Å². The van der Waals surface area contributed by atoms with Crippen LogP contribution in [0.5, 0.6) is 0 Å². The van der Waals surface area contributed by atoms with Gasteiger partial charge in [0.05, 0.1) is 11.1 Å². The van der Waals surface area contributed by atoms with E-state index in [2.05, 4.69) is 18.7 Å². The van der Waals surface area contributed by atoms with E-state index in [9.17, 15) is 5.11 Å². The molecule has 1 aliphatic heterocycles. The van der Waals surface area contributed by atoms with Crippen molar-refractivity contribution in [1.82, 2.24) is 4.90 Å². The summed E-state index contributed by atoms with van der Waals surface area (Å²) in [4.78, 5) is 3.13. The summed E-state index contributed by atoms with van der Waals surface area (Å²) in [5.74, 6) is 1.28. The minimum absolute atomic E-state index is 0.0234. The first-order valence-corrected chi connectivity index (χ1v) is 7.51. The molecular formula is C14H26N2OS. The molecule has 2 aliphatic rings. The van der Waals surface area contributed by atoms with Crippen molar-refractivity contribution in [2.75, 3.05) is 19.6 Å². The second-order valence-corrected chi connectivity index (χ2v) is 7.12. The standard InChI is InChI=1S/C14H26N2OS/c1-14(2,13(15)18)6-3-7-16-8-10-4-5-12(17)11(10)9-16/h10-12,17H,3-9H2,1-2H3,(H2,15,18). The van der Waals surface area contributed by atoms with Gasteiger partial charge in [0.15, 0.2) is 0 Å². The number of nitrogens with zero attached hydrogens (tertiary/aromatic N) is 1. The Morgan fingerprint density at radius 1 is 1.39 bits per heavy atom. The first-order valence-electron chi connectivity index (χ1n) is 7.10. The largest absolute Gasteiger partial charge is 0.393 e. The first-order chi connectivity index (χ1) is 8.40. The molecular weight excluding hydrogens is 244 g/mol. The van der Waals surface area contributed by atoms with Gasteiger partial charge in [0.25, 0.3) is 0 Å². The molecule has 3 nitrogen and oxygen atoms in total. The average molecular weight is 270 g/mol. The van der Waals surface area contributed by atoms with Gasteiger partial charge in [-0.05, 0) is 38.1 Å². The van der Waals surface area contributed by atoms with Crippen molar-refractivity contribution < 1.29 is 5.11 Å². The Kier molecular flexibility index (Phi) is 4.29. The molecule has 0 amide bonds. The summed E-state index contributed by atoms with van der Waals surface area (Å²) in [6, 6.07) is 0. The van der Waals surface area contributed by atoms with Crippen LogP contribution >= 0.6 is 12.2 Å². The van der Waals surface area contributed by atoms with Gasteiger partial charge in [-0.2, -0.15) is 0 Å². The van der Waals surface area contributed by atoms with E-state index in [0.29, 0.717) is 10.9 Å². The molecule has 2 rings (SSSR count). The van der Waals surface area contributed by atoms with E-state index < -0.39 is 0 Å². The van der Waals surface area contributed by atoms with Crippen LogP contribution in [0.2, 0.25) is 0 Å². The Labute approximate surface area is 116 Å². The molecule has 1 aliphatic carbocycles. The van der Waals surface area contributed by atoms with Crippen molar-refractivity contribution in [3.05, 3.63) is 0 Å². The zero-order chi connectivity index (χ0) is 13.3. The monoisotopic (exact) mass is 270 g/mol. The fourth-order valence-corrected chi connectivity index (χ4v) is 3.48. The molecule has 18 heavy (non-hydrogen) atoms. The first kappa shape index (κ1) is 14.2. The van der Waals surface area contributed by atoms with Gasteiger partial charge in [-0.15, -0.1) is 0 Å². The molecule has 3 N–H and O–H groups in total. The molecule has 0 aromatic carbocycles. The predicted octanol–water partition coefficient (Wildman–Crippen LogP) is 1.78. The second-order valence-electron chi connectivity index (χ2n) is 6.68. The summed E-state index contributed by atoms with van der Waals surface area (Å²) in [6.45, 7) is 7.62. The topological polar surface area (TPSA) is 49.5 Å². The molecule has 0 aromatic rings. The summed E-state index contributed by atoms with van der Waals surface area (Å²) in [6.07, 6.45) is 4.36. The van der Waals surface area contributed by atoms with Crippen molar-refractivity contribution in [2.45, 2.75) is 45.6 Å². The number of rotatable bonds is 5. The third-order valence-electron chi connectivity index (χ3n) is 4.84. The van der Waals surface area contributed by atoms with Crippen LogP contribution in [-0.2, 0) is 0 Å². The highest BCUT2D eigenvalue weighted by Crippen LogP contribution is 2.38. The number of nitrogens with two attached hydrogens (primary N) is 1. The molecule has 3 unspecified atom stereocenters. The van der Waals surface area contributed by atoms with Crippen LogP contribution in [0.15, 0.2) is 0 Å². The molecule has 104 valence electrons. The lowest BCUT2D eigenvalue weighted by Crippen LogP contribution is -2.31. The smallest absolute Gasteiger partial charge is 0.0784 e. The minimum atomic E-state index is -0.0481. The van der Waals surface area contributed by atoms with Crippen LogP contribution < -0.4 is 5.73 Å². The van der Waals surface area contributed by atoms with E-state index in [1.165, 1.54) is 13.0 Å². The Hall–Kier alpha value is -0.190. The third kappa shape index (κ3) is 3.03. The van der Waals surface area contributed by atoms with E-state index in [1.807, 2.05) is 0 Å². The molecule has 1 heterocycles. The molecule has 0 spiro atoms. The SMILES string of the molecule is CC(C)(CCCN1CC2CCC(O)C2C1)C(N)=S. The van der Waals surface area contributed by atoms with Crippen molar-refractivity contribution >= 4 is 17.2 Å². The highest BCUT2D eigenvalue weighted by molar-refractivity contribution is 7.80. The van der Waals surface area contributed by atoms with E-state index in [0.717, 1.165) is 38.3 Å². The lowest BCUT2D eigenvalue weighted by atomic mass is 9.88. The Morgan fingerprint density at radius 2 is 2.11 bits per heavy atom. The maximum atomic E-state index is 9.88. The molecule has 3 atom stereocenters. The number of likely N-dealkylation sites (tertiary alicyclic amines) is 1. The summed E-state index contributed by atoms with van der Waals surface area (Å²) < 4.78 is 0. The number of thiocarbonyl (C=S) groups is 1. The minimum Gasteiger partial charge on any atom is -0.393 e. The van der Waals surface area contributed by atoms with Crippen molar-refractivity contribution in [3.63, 3.8) is 0 Å². The van der Waals surface area contributed by atoms with Gasteiger partial charge < -0.3 is 15.7 Å². The van der Waals surface area contributed by atoms with E-state index in [4.69, 9.17) is 18.0 Å². The maximum absolute atomic E-state index is 9.88. The van der Waals surface area contributed by atoms with Crippen LogP contribution in [0.4, 0.5) is 0 Å². The fourth-order valence-electron chi connectivity index (χ4n) is 3.38. The molecule has 0 aromatic heterocycles. The molecule has 1 saturated heterocycles. The van der Waals surface area contributed by atoms with Gasteiger partial charge in [0.2, 0.25) is 0 Å². The zero-order valence-electron chi connectivity index (χ0n) is 11.6. The zero-order valence-corrected chi connectivity index (χ0v) is 12.4. The van der Waals surface area contributed by atoms with Crippen molar-refractivity contribution in [3.8, 4) is 0 Å². The summed E-state index contributed by atoms with van der Waals surface area (Å²) in [7, 11) is 0. The van der Waals surface area contributed by atoms with Gasteiger partial charge >= 0.3 is 0 Å². The number of hydrogen-bond donors (Lipinski definition) is 2. The molecule has 4 heteroatoms. The van der Waals surface area contributed by atoms with Gasteiger partial charge in [0, 0.05) is 24.4 Å².